The first-order chi connectivity index (χ1) is 7.45. The van der Waals surface area contributed by atoms with Crippen molar-refractivity contribution in [2.24, 2.45) is 0 Å². The van der Waals surface area contributed by atoms with E-state index in [-0.39, 0.29) is 11.4 Å². The molecule has 0 aliphatic carbocycles. The summed E-state index contributed by atoms with van der Waals surface area (Å²) in [6, 6.07) is 6.20. The second-order valence-corrected chi connectivity index (χ2v) is 5.83. The molecule has 90 valence electrons. The van der Waals surface area contributed by atoms with Crippen molar-refractivity contribution in [3.05, 3.63) is 28.7 Å². The van der Waals surface area contributed by atoms with Crippen LogP contribution in [-0.2, 0) is 10.0 Å². The standard InChI is InChI=1S/C9H12BrNO4S/c10-7-2-1-3-9(4-7)16(14,15)11-5-8(13)6-12/h1-4,8,11-13H,5-6H2. The monoisotopic (exact) mass is 309 g/mol. The van der Waals surface area contributed by atoms with E-state index in [0.717, 1.165) is 0 Å². The van der Waals surface area contributed by atoms with Gasteiger partial charge in [0.15, 0.2) is 0 Å². The summed E-state index contributed by atoms with van der Waals surface area (Å²) in [4.78, 5) is 0.104. The van der Waals surface area contributed by atoms with E-state index < -0.39 is 22.7 Å². The van der Waals surface area contributed by atoms with Crippen LogP contribution in [0.15, 0.2) is 33.6 Å². The molecular formula is C9H12BrNO4S. The minimum Gasteiger partial charge on any atom is -0.394 e. The van der Waals surface area contributed by atoms with Gasteiger partial charge in [-0.15, -0.1) is 0 Å². The molecule has 0 saturated heterocycles. The topological polar surface area (TPSA) is 86.6 Å². The molecule has 16 heavy (non-hydrogen) atoms. The molecule has 0 aromatic heterocycles. The predicted octanol–water partition coefficient (Wildman–Crippen LogP) is 0.0806. The van der Waals surface area contributed by atoms with Crippen molar-refractivity contribution in [2.45, 2.75) is 11.0 Å². The summed E-state index contributed by atoms with van der Waals surface area (Å²) < 4.78 is 26.2. The number of aliphatic hydroxyl groups excluding tert-OH is 2. The molecular weight excluding hydrogens is 298 g/mol. The third-order valence-corrected chi connectivity index (χ3v) is 3.74. The van der Waals surface area contributed by atoms with Gasteiger partial charge in [0.1, 0.15) is 0 Å². The third-order valence-electron chi connectivity index (χ3n) is 1.83. The number of hydrogen-bond donors (Lipinski definition) is 3. The van der Waals surface area contributed by atoms with Gasteiger partial charge in [0.05, 0.1) is 17.6 Å². The number of benzene rings is 1. The lowest BCUT2D eigenvalue weighted by Gasteiger charge is -2.09. The van der Waals surface area contributed by atoms with Gasteiger partial charge in [0.2, 0.25) is 10.0 Å². The second-order valence-electron chi connectivity index (χ2n) is 3.15. The van der Waals surface area contributed by atoms with Gasteiger partial charge in [-0.25, -0.2) is 13.1 Å². The SMILES string of the molecule is O=S(=O)(NCC(O)CO)c1cccc(Br)c1. The molecule has 0 radical (unpaired) electrons. The number of hydrogen-bond acceptors (Lipinski definition) is 4. The summed E-state index contributed by atoms with van der Waals surface area (Å²) in [6.07, 6.45) is -1.10. The summed E-state index contributed by atoms with van der Waals surface area (Å²) in [7, 11) is -3.64. The third kappa shape index (κ3) is 3.84. The molecule has 0 spiro atoms. The van der Waals surface area contributed by atoms with Crippen LogP contribution in [0, 0.1) is 0 Å². The molecule has 1 aromatic rings. The van der Waals surface area contributed by atoms with E-state index in [1.807, 2.05) is 0 Å². The van der Waals surface area contributed by atoms with Crippen LogP contribution in [-0.4, -0.2) is 37.9 Å². The Morgan fingerprint density at radius 2 is 2.12 bits per heavy atom. The molecule has 0 amide bonds. The molecule has 1 atom stereocenters. The Hall–Kier alpha value is -0.470. The van der Waals surface area contributed by atoms with Gasteiger partial charge in [-0.3, -0.25) is 0 Å². The lowest BCUT2D eigenvalue weighted by molar-refractivity contribution is 0.0988. The first-order valence-electron chi connectivity index (χ1n) is 4.50. The maximum Gasteiger partial charge on any atom is 0.240 e. The van der Waals surface area contributed by atoms with E-state index in [4.69, 9.17) is 10.2 Å². The van der Waals surface area contributed by atoms with Gasteiger partial charge < -0.3 is 10.2 Å². The molecule has 0 aliphatic heterocycles. The molecule has 0 fully saturated rings. The zero-order valence-electron chi connectivity index (χ0n) is 8.30. The molecule has 3 N–H and O–H groups in total. The summed E-state index contributed by atoms with van der Waals surface area (Å²) in [5, 5.41) is 17.6. The Kier molecular flexibility index (Phi) is 4.88. The zero-order chi connectivity index (χ0) is 12.2. The number of halogens is 1. The Morgan fingerprint density at radius 1 is 1.44 bits per heavy atom. The highest BCUT2D eigenvalue weighted by Crippen LogP contribution is 2.15. The summed E-state index contributed by atoms with van der Waals surface area (Å²) in [5.41, 5.74) is 0. The number of rotatable bonds is 5. The van der Waals surface area contributed by atoms with Crippen molar-refractivity contribution in [3.63, 3.8) is 0 Å². The average Bonchev–Trinajstić information content (AvgIpc) is 2.26. The van der Waals surface area contributed by atoms with Gasteiger partial charge in [-0.1, -0.05) is 22.0 Å². The van der Waals surface area contributed by atoms with Crippen molar-refractivity contribution in [1.29, 1.82) is 0 Å². The minimum absolute atomic E-state index is 0.104. The smallest absolute Gasteiger partial charge is 0.240 e. The Bertz CT molecular complexity index is 449. The number of nitrogens with one attached hydrogen (secondary N) is 1. The number of sulfonamides is 1. The Labute approximate surface area is 102 Å². The zero-order valence-corrected chi connectivity index (χ0v) is 10.7. The van der Waals surface area contributed by atoms with Crippen LogP contribution in [0.4, 0.5) is 0 Å². The van der Waals surface area contributed by atoms with Crippen molar-refractivity contribution in [2.75, 3.05) is 13.2 Å². The first-order valence-corrected chi connectivity index (χ1v) is 6.77. The van der Waals surface area contributed by atoms with E-state index >= 15 is 0 Å². The summed E-state index contributed by atoms with van der Waals surface area (Å²) in [5.74, 6) is 0. The van der Waals surface area contributed by atoms with Crippen LogP contribution in [0.2, 0.25) is 0 Å². The summed E-state index contributed by atoms with van der Waals surface area (Å²) >= 11 is 3.17. The molecule has 1 rings (SSSR count). The molecule has 0 heterocycles. The first kappa shape index (κ1) is 13.6. The van der Waals surface area contributed by atoms with E-state index in [1.165, 1.54) is 12.1 Å². The van der Waals surface area contributed by atoms with Crippen molar-refractivity contribution in [1.82, 2.24) is 4.72 Å². The quantitative estimate of drug-likeness (QED) is 0.719. The molecule has 0 bridgehead atoms. The minimum atomic E-state index is -3.64. The predicted molar refractivity (Wildman–Crippen MR) is 62.4 cm³/mol. The lowest BCUT2D eigenvalue weighted by Crippen LogP contribution is -2.33. The fourth-order valence-electron chi connectivity index (χ4n) is 0.988. The Morgan fingerprint density at radius 3 is 2.69 bits per heavy atom. The van der Waals surface area contributed by atoms with Crippen LogP contribution in [0.3, 0.4) is 0 Å². The van der Waals surface area contributed by atoms with Crippen LogP contribution in [0.25, 0.3) is 0 Å². The summed E-state index contributed by atoms with van der Waals surface area (Å²) in [6.45, 7) is -0.702. The highest BCUT2D eigenvalue weighted by atomic mass is 79.9. The molecule has 1 aromatic carbocycles. The van der Waals surface area contributed by atoms with Gasteiger partial charge in [-0.05, 0) is 18.2 Å². The van der Waals surface area contributed by atoms with Crippen LogP contribution < -0.4 is 4.72 Å². The largest absolute Gasteiger partial charge is 0.394 e. The van der Waals surface area contributed by atoms with Gasteiger partial charge >= 0.3 is 0 Å². The van der Waals surface area contributed by atoms with Crippen molar-refractivity contribution < 1.29 is 18.6 Å². The molecule has 0 saturated carbocycles. The molecule has 5 nitrogen and oxygen atoms in total. The average molecular weight is 310 g/mol. The fourth-order valence-corrected chi connectivity index (χ4v) is 2.66. The number of aliphatic hydroxyl groups is 2. The molecule has 7 heteroatoms. The van der Waals surface area contributed by atoms with Crippen molar-refractivity contribution >= 4 is 26.0 Å². The highest BCUT2D eigenvalue weighted by molar-refractivity contribution is 9.10. The Balaban J connectivity index is 2.78. The second kappa shape index (κ2) is 5.74. The van der Waals surface area contributed by atoms with Gasteiger partial charge in [-0.2, -0.15) is 0 Å². The normalized spacial score (nSPS) is 13.7. The van der Waals surface area contributed by atoms with E-state index in [2.05, 4.69) is 20.7 Å². The highest BCUT2D eigenvalue weighted by Gasteiger charge is 2.15. The van der Waals surface area contributed by atoms with Gasteiger partial charge in [0, 0.05) is 11.0 Å². The lowest BCUT2D eigenvalue weighted by atomic mass is 10.4. The van der Waals surface area contributed by atoms with Crippen molar-refractivity contribution in [3.8, 4) is 0 Å². The van der Waals surface area contributed by atoms with Crippen LogP contribution in [0.1, 0.15) is 0 Å². The maximum absolute atomic E-state index is 11.7. The molecule has 0 aliphatic rings. The maximum atomic E-state index is 11.7. The van der Waals surface area contributed by atoms with E-state index in [0.29, 0.717) is 4.47 Å². The fraction of sp³-hybridized carbons (Fsp3) is 0.333. The van der Waals surface area contributed by atoms with E-state index in [9.17, 15) is 8.42 Å². The molecule has 1 unspecified atom stereocenters. The van der Waals surface area contributed by atoms with E-state index in [1.54, 1.807) is 12.1 Å². The van der Waals surface area contributed by atoms with Gasteiger partial charge in [0.25, 0.3) is 0 Å². The van der Waals surface area contributed by atoms with Crippen LogP contribution in [0.5, 0.6) is 0 Å². The van der Waals surface area contributed by atoms with Crippen LogP contribution >= 0.6 is 15.9 Å².